The van der Waals surface area contributed by atoms with Crippen molar-refractivity contribution in [2.24, 2.45) is 0 Å². The summed E-state index contributed by atoms with van der Waals surface area (Å²) < 4.78 is 29.7. The summed E-state index contributed by atoms with van der Waals surface area (Å²) in [5.74, 6) is 0. The molecule has 2 fully saturated rings. The van der Waals surface area contributed by atoms with E-state index in [9.17, 15) is 0 Å². The SMILES string of the molecule is CC1(C)N(O[Si](C)(C)C(C)(C)C)C(c2ccc(-c3ccc(-c4ccc(C5N(O[Si](C)(C)C(C)(C)C)C(C)(C)C(C)(C)N5O[Si](C)(C)C(C)(C)C)s4)s3)s2)N(O[Si](C)(C)C(C)(C)C)C1(C)C. The zero-order valence-electron chi connectivity index (χ0n) is 46.3. The van der Waals surface area contributed by atoms with Gasteiger partial charge >= 0.3 is 0 Å². The number of thiophene rings is 3. The molecule has 0 N–H and O–H groups in total. The predicted molar refractivity (Wildman–Crippen MR) is 293 cm³/mol. The monoisotopic (exact) mass is 1020 g/mol. The molecule has 0 unspecified atom stereocenters. The second-order valence-corrected chi connectivity index (χ2v) is 49.4. The number of hydrogen-bond donors (Lipinski definition) is 0. The average molecular weight is 1020 g/mol. The highest BCUT2D eigenvalue weighted by Gasteiger charge is 2.65. The summed E-state index contributed by atoms with van der Waals surface area (Å²) in [7, 11) is -8.96. The van der Waals surface area contributed by atoms with Crippen molar-refractivity contribution in [3.63, 3.8) is 0 Å². The van der Waals surface area contributed by atoms with Crippen LogP contribution in [-0.4, -0.2) is 75.7 Å². The van der Waals surface area contributed by atoms with Crippen molar-refractivity contribution >= 4 is 67.3 Å². The summed E-state index contributed by atoms with van der Waals surface area (Å²) in [5, 5.41) is 9.50. The fourth-order valence-electron chi connectivity index (χ4n) is 6.99. The molecule has 3 aromatic heterocycles. The minimum Gasteiger partial charge on any atom is -0.340 e. The van der Waals surface area contributed by atoms with Gasteiger partial charge in [-0.3, -0.25) is 0 Å². The Kier molecular flexibility index (Phi) is 14.7. The minimum atomic E-state index is -2.24. The van der Waals surface area contributed by atoms with E-state index in [1.54, 1.807) is 0 Å². The van der Waals surface area contributed by atoms with Crippen LogP contribution in [0.4, 0.5) is 0 Å². The summed E-state index contributed by atoms with van der Waals surface area (Å²) in [6.45, 7) is 65.5. The Labute approximate surface area is 414 Å². The van der Waals surface area contributed by atoms with Crippen LogP contribution in [0.1, 0.15) is 161 Å². The fourth-order valence-corrected chi connectivity index (χ4v) is 14.7. The van der Waals surface area contributed by atoms with Gasteiger partial charge in [0.25, 0.3) is 0 Å². The molecule has 2 aliphatic heterocycles. The van der Waals surface area contributed by atoms with Crippen molar-refractivity contribution in [3.05, 3.63) is 46.2 Å². The van der Waals surface area contributed by atoms with E-state index in [2.05, 4.69) is 248 Å². The highest BCUT2D eigenvalue weighted by molar-refractivity contribution is 7.26. The van der Waals surface area contributed by atoms with Gasteiger partial charge in [0, 0.05) is 29.3 Å². The molecule has 0 atom stereocenters. The van der Waals surface area contributed by atoms with Crippen LogP contribution in [0.15, 0.2) is 36.4 Å². The summed E-state index contributed by atoms with van der Waals surface area (Å²) >= 11 is 5.62. The zero-order chi connectivity index (χ0) is 50.1. The Bertz CT molecular complexity index is 1920. The van der Waals surface area contributed by atoms with Gasteiger partial charge < -0.3 is 18.1 Å². The van der Waals surface area contributed by atoms with Crippen LogP contribution >= 0.6 is 34.0 Å². The molecule has 370 valence electrons. The van der Waals surface area contributed by atoms with Crippen molar-refractivity contribution in [1.82, 2.24) is 20.3 Å². The van der Waals surface area contributed by atoms with Gasteiger partial charge in [0.1, 0.15) is 12.3 Å². The number of hydroxylamine groups is 8. The first-order valence-corrected chi connectivity index (χ1v) is 38.1. The van der Waals surface area contributed by atoms with Gasteiger partial charge in [0.2, 0.25) is 33.3 Å². The summed E-state index contributed by atoms with van der Waals surface area (Å²) in [5.41, 5.74) is -1.42. The normalized spacial score (nSPS) is 21.6. The Morgan fingerprint density at radius 2 is 0.538 bits per heavy atom. The number of hydrogen-bond acceptors (Lipinski definition) is 11. The maximum absolute atomic E-state index is 7.42. The molecule has 0 saturated carbocycles. The molecule has 0 bridgehead atoms. The van der Waals surface area contributed by atoms with Crippen LogP contribution < -0.4 is 0 Å². The van der Waals surface area contributed by atoms with E-state index in [1.165, 1.54) is 29.3 Å². The van der Waals surface area contributed by atoms with Gasteiger partial charge in [-0.25, -0.2) is 0 Å². The molecule has 0 radical (unpaired) electrons. The lowest BCUT2D eigenvalue weighted by Gasteiger charge is -2.46. The lowest BCUT2D eigenvalue weighted by molar-refractivity contribution is -0.203. The summed E-state index contributed by atoms with van der Waals surface area (Å²) in [6.07, 6.45) is -0.400. The summed E-state index contributed by atoms with van der Waals surface area (Å²) in [6, 6.07) is 13.9. The molecule has 8 nitrogen and oxygen atoms in total. The van der Waals surface area contributed by atoms with Crippen molar-refractivity contribution in [3.8, 4) is 19.5 Å². The van der Waals surface area contributed by atoms with E-state index >= 15 is 0 Å². The van der Waals surface area contributed by atoms with Crippen molar-refractivity contribution in [2.75, 3.05) is 0 Å². The number of rotatable bonds is 12. The first kappa shape index (κ1) is 55.6. The Morgan fingerprint density at radius 1 is 0.354 bits per heavy atom. The molecule has 2 saturated heterocycles. The maximum Gasteiger partial charge on any atom is 0.220 e. The fraction of sp³-hybridized carbons (Fsp3) is 0.760. The predicted octanol–water partition coefficient (Wildman–Crippen LogP) is 17.3. The van der Waals surface area contributed by atoms with Gasteiger partial charge in [-0.2, -0.15) is 20.3 Å². The maximum atomic E-state index is 7.42. The molecular weight excluding hydrogens is 929 g/mol. The van der Waals surface area contributed by atoms with E-state index in [4.69, 9.17) is 18.1 Å². The third kappa shape index (κ3) is 9.86. The van der Waals surface area contributed by atoms with E-state index in [1.807, 2.05) is 34.0 Å². The molecule has 3 aromatic rings. The first-order chi connectivity index (χ1) is 28.8. The highest BCUT2D eigenvalue weighted by Crippen LogP contribution is 2.58. The quantitative estimate of drug-likeness (QED) is 0.166. The Balaban J connectivity index is 1.57. The molecule has 0 aromatic carbocycles. The van der Waals surface area contributed by atoms with Crippen LogP contribution in [0.25, 0.3) is 19.5 Å². The van der Waals surface area contributed by atoms with Crippen LogP contribution in [0.5, 0.6) is 0 Å². The first-order valence-electron chi connectivity index (χ1n) is 24.0. The second-order valence-electron chi connectivity index (χ2n) is 27.3. The second kappa shape index (κ2) is 17.2. The van der Waals surface area contributed by atoms with Gasteiger partial charge in [-0.05, 0) is 164 Å². The van der Waals surface area contributed by atoms with E-state index in [0.29, 0.717) is 0 Å². The zero-order valence-corrected chi connectivity index (χ0v) is 52.7. The Hall–Kier alpha value is -0.352. The largest absolute Gasteiger partial charge is 0.340 e. The van der Waals surface area contributed by atoms with Crippen LogP contribution in [0.2, 0.25) is 72.5 Å². The molecular formula is C50H92N4O4S3Si4. The molecule has 0 amide bonds. The molecule has 15 heteroatoms. The smallest absolute Gasteiger partial charge is 0.220 e. The highest BCUT2D eigenvalue weighted by atomic mass is 32.1. The van der Waals surface area contributed by atoms with Crippen LogP contribution in [0.3, 0.4) is 0 Å². The van der Waals surface area contributed by atoms with Gasteiger partial charge in [0.15, 0.2) is 0 Å². The molecule has 5 rings (SSSR count). The Morgan fingerprint density at radius 3 is 0.738 bits per heavy atom. The van der Waals surface area contributed by atoms with Crippen molar-refractivity contribution in [1.29, 1.82) is 0 Å². The van der Waals surface area contributed by atoms with Gasteiger partial charge in [-0.1, -0.05) is 83.1 Å². The van der Waals surface area contributed by atoms with E-state index in [0.717, 1.165) is 0 Å². The lowest BCUT2D eigenvalue weighted by Crippen LogP contribution is -2.58. The van der Waals surface area contributed by atoms with Crippen LogP contribution in [-0.2, 0) is 18.1 Å². The standard InChI is InChI=1S/C50H92N4O4S3Si4/c1-43(2,3)62(21,22)55-51-41(52(48(15,16)47(51,13)14)56-63(23,24)44(4,5)6)39-33-31-37(60-39)35-29-30-36(59-35)38-32-34-40(61-38)42-53(57-64(25,26)45(7,8)9)49(17,18)50(19,20)54(42)58-65(27,28)46(10,11)12/h29-34,41-42H,1-28H3. The third-order valence-electron chi connectivity index (χ3n) is 17.5. The summed E-state index contributed by atoms with van der Waals surface area (Å²) in [4.78, 5) is 7.53. The molecule has 2 aliphatic rings. The third-order valence-corrected chi connectivity index (χ3v) is 38.3. The molecule has 0 aliphatic carbocycles. The molecule has 65 heavy (non-hydrogen) atoms. The topological polar surface area (TPSA) is 49.9 Å². The van der Waals surface area contributed by atoms with Crippen molar-refractivity contribution < 1.29 is 18.1 Å². The lowest BCUT2D eigenvalue weighted by atomic mass is 9.84. The molecule has 0 spiro atoms. The van der Waals surface area contributed by atoms with Gasteiger partial charge in [-0.15, -0.1) is 34.0 Å². The number of nitrogens with zero attached hydrogens (tertiary/aromatic N) is 4. The van der Waals surface area contributed by atoms with Gasteiger partial charge in [0.05, 0.1) is 22.2 Å². The van der Waals surface area contributed by atoms with Crippen LogP contribution in [0, 0.1) is 0 Å². The minimum absolute atomic E-state index is 0.0391. The molecule has 5 heterocycles. The average Bonchev–Trinajstić information content (AvgIpc) is 3.92. The van der Waals surface area contributed by atoms with E-state index < -0.39 is 33.3 Å². The van der Waals surface area contributed by atoms with Crippen molar-refractivity contribution in [2.45, 2.75) is 245 Å². The van der Waals surface area contributed by atoms with E-state index in [-0.39, 0.29) is 54.6 Å².